The van der Waals surface area contributed by atoms with Gasteiger partial charge in [0.15, 0.2) is 0 Å². The number of hydrogen-bond donors (Lipinski definition) is 0. The van der Waals surface area contributed by atoms with Gasteiger partial charge in [0.1, 0.15) is 6.04 Å². The molecule has 4 nitrogen and oxygen atoms in total. The van der Waals surface area contributed by atoms with Crippen LogP contribution in [0.3, 0.4) is 0 Å². The number of rotatable bonds is 3. The van der Waals surface area contributed by atoms with Gasteiger partial charge >= 0.3 is 0 Å². The Labute approximate surface area is 134 Å². The monoisotopic (exact) mass is 314 g/mol. The predicted molar refractivity (Wildman–Crippen MR) is 88.2 cm³/mol. The summed E-state index contributed by atoms with van der Waals surface area (Å²) in [6.07, 6.45) is 1.60. The van der Waals surface area contributed by atoms with Crippen molar-refractivity contribution in [2.75, 3.05) is 18.5 Å². The van der Waals surface area contributed by atoms with Gasteiger partial charge in [-0.2, -0.15) is 0 Å². The van der Waals surface area contributed by atoms with Crippen molar-refractivity contribution in [3.05, 3.63) is 52.7 Å². The molecule has 114 valence electrons. The van der Waals surface area contributed by atoms with E-state index in [0.717, 1.165) is 18.5 Å². The number of likely N-dealkylation sites (tertiary alicyclic amines) is 1. The fourth-order valence-corrected chi connectivity index (χ4v) is 3.49. The van der Waals surface area contributed by atoms with Gasteiger partial charge in [-0.3, -0.25) is 9.59 Å². The van der Waals surface area contributed by atoms with E-state index >= 15 is 0 Å². The van der Waals surface area contributed by atoms with Gasteiger partial charge in [-0.1, -0.05) is 24.3 Å². The second kappa shape index (κ2) is 6.32. The molecule has 5 heteroatoms. The summed E-state index contributed by atoms with van der Waals surface area (Å²) in [7, 11) is 1.77. The maximum Gasteiger partial charge on any atom is 0.264 e. The zero-order valence-electron chi connectivity index (χ0n) is 12.4. The van der Waals surface area contributed by atoms with Crippen molar-refractivity contribution in [1.29, 1.82) is 0 Å². The Morgan fingerprint density at radius 2 is 1.95 bits per heavy atom. The Bertz CT molecular complexity index is 655. The van der Waals surface area contributed by atoms with Crippen molar-refractivity contribution in [3.8, 4) is 0 Å². The molecule has 3 rings (SSSR count). The first kappa shape index (κ1) is 14.8. The second-order valence-corrected chi connectivity index (χ2v) is 6.31. The Kier molecular flexibility index (Phi) is 4.24. The maximum atomic E-state index is 12.8. The number of thiophene rings is 1. The van der Waals surface area contributed by atoms with Gasteiger partial charge in [0.05, 0.1) is 4.88 Å². The molecule has 1 aliphatic heterocycles. The first-order valence-corrected chi connectivity index (χ1v) is 8.23. The van der Waals surface area contributed by atoms with Gasteiger partial charge in [-0.25, -0.2) is 0 Å². The third kappa shape index (κ3) is 2.76. The molecular formula is C17H18N2O2S. The Hall–Kier alpha value is -2.14. The minimum Gasteiger partial charge on any atom is -0.326 e. The summed E-state index contributed by atoms with van der Waals surface area (Å²) < 4.78 is 0. The number of hydrogen-bond acceptors (Lipinski definition) is 3. The van der Waals surface area contributed by atoms with Crippen LogP contribution < -0.4 is 4.90 Å². The van der Waals surface area contributed by atoms with E-state index in [-0.39, 0.29) is 17.9 Å². The standard InChI is InChI=1S/C17H18N2O2S/c1-18(13-7-3-2-4-8-13)16(20)14-9-5-11-19(14)17(21)15-10-6-12-22-15/h2-4,6-8,10,12,14H,5,9,11H2,1H3/t14-/m1/s1. The quantitative estimate of drug-likeness (QED) is 0.874. The first-order valence-electron chi connectivity index (χ1n) is 7.35. The third-order valence-electron chi connectivity index (χ3n) is 4.00. The number of benzene rings is 1. The number of nitrogens with zero attached hydrogens (tertiary/aromatic N) is 2. The van der Waals surface area contributed by atoms with Crippen LogP contribution >= 0.6 is 11.3 Å². The highest BCUT2D eigenvalue weighted by Gasteiger charge is 2.36. The first-order chi connectivity index (χ1) is 10.7. The molecule has 1 aromatic heterocycles. The topological polar surface area (TPSA) is 40.6 Å². The average molecular weight is 314 g/mol. The summed E-state index contributed by atoms with van der Waals surface area (Å²) in [6, 6.07) is 12.8. The minimum atomic E-state index is -0.361. The van der Waals surface area contributed by atoms with Crippen LogP contribution in [0.4, 0.5) is 5.69 Å². The van der Waals surface area contributed by atoms with Crippen LogP contribution in [0.15, 0.2) is 47.8 Å². The average Bonchev–Trinajstić information content (AvgIpc) is 3.25. The van der Waals surface area contributed by atoms with Crippen molar-refractivity contribution in [3.63, 3.8) is 0 Å². The molecule has 2 amide bonds. The van der Waals surface area contributed by atoms with Gasteiger partial charge in [-0.05, 0) is 36.4 Å². The van der Waals surface area contributed by atoms with Crippen LogP contribution in [0.2, 0.25) is 0 Å². The van der Waals surface area contributed by atoms with Crippen LogP contribution in [0, 0.1) is 0 Å². The lowest BCUT2D eigenvalue weighted by Crippen LogP contribution is -2.46. The molecular weight excluding hydrogens is 296 g/mol. The van der Waals surface area contributed by atoms with Crippen LogP contribution in [0.5, 0.6) is 0 Å². The summed E-state index contributed by atoms with van der Waals surface area (Å²) in [5.74, 6) is -0.0547. The van der Waals surface area contributed by atoms with Gasteiger partial charge < -0.3 is 9.80 Å². The summed E-state index contributed by atoms with van der Waals surface area (Å²) >= 11 is 1.42. The zero-order valence-corrected chi connectivity index (χ0v) is 13.3. The third-order valence-corrected chi connectivity index (χ3v) is 4.86. The number of anilines is 1. The number of amides is 2. The molecule has 0 bridgehead atoms. The van der Waals surface area contributed by atoms with Crippen molar-refractivity contribution in [2.45, 2.75) is 18.9 Å². The second-order valence-electron chi connectivity index (χ2n) is 5.37. The van der Waals surface area contributed by atoms with E-state index in [0.29, 0.717) is 11.4 Å². The molecule has 2 heterocycles. The molecule has 0 N–H and O–H groups in total. The number of carbonyl (C=O) groups excluding carboxylic acids is 2. The molecule has 2 aromatic rings. The Balaban J connectivity index is 1.78. The van der Waals surface area contributed by atoms with E-state index in [1.165, 1.54) is 11.3 Å². The molecule has 1 saturated heterocycles. The Morgan fingerprint density at radius 1 is 1.18 bits per heavy atom. The lowest BCUT2D eigenvalue weighted by molar-refractivity contribution is -0.121. The smallest absolute Gasteiger partial charge is 0.264 e. The van der Waals surface area contributed by atoms with E-state index in [1.807, 2.05) is 47.8 Å². The number of para-hydroxylation sites is 1. The fraction of sp³-hybridized carbons (Fsp3) is 0.294. The van der Waals surface area contributed by atoms with E-state index in [1.54, 1.807) is 16.8 Å². The summed E-state index contributed by atoms with van der Waals surface area (Å²) in [6.45, 7) is 0.649. The lowest BCUT2D eigenvalue weighted by atomic mass is 10.1. The van der Waals surface area contributed by atoms with Crippen molar-refractivity contribution in [2.24, 2.45) is 0 Å². The van der Waals surface area contributed by atoms with E-state index in [2.05, 4.69) is 0 Å². The van der Waals surface area contributed by atoms with Crippen LogP contribution in [-0.2, 0) is 4.79 Å². The van der Waals surface area contributed by atoms with Crippen LogP contribution in [-0.4, -0.2) is 36.3 Å². The van der Waals surface area contributed by atoms with Gasteiger partial charge in [0.25, 0.3) is 5.91 Å². The maximum absolute atomic E-state index is 12.8. The highest BCUT2D eigenvalue weighted by molar-refractivity contribution is 7.12. The summed E-state index contributed by atoms with van der Waals surface area (Å²) in [5, 5.41) is 1.89. The molecule has 0 spiro atoms. The minimum absolute atomic E-state index is 0.0198. The largest absolute Gasteiger partial charge is 0.326 e. The normalized spacial score (nSPS) is 17.5. The predicted octanol–water partition coefficient (Wildman–Crippen LogP) is 3.02. The van der Waals surface area contributed by atoms with E-state index in [9.17, 15) is 9.59 Å². The highest BCUT2D eigenvalue weighted by Crippen LogP contribution is 2.25. The molecule has 0 aliphatic carbocycles. The van der Waals surface area contributed by atoms with Crippen LogP contribution in [0.1, 0.15) is 22.5 Å². The SMILES string of the molecule is CN(C(=O)[C@H]1CCCN1C(=O)c1cccs1)c1ccccc1. The molecule has 1 aliphatic rings. The molecule has 1 fully saturated rings. The number of likely N-dealkylation sites (N-methyl/N-ethyl adjacent to an activating group) is 1. The van der Waals surface area contributed by atoms with E-state index in [4.69, 9.17) is 0 Å². The molecule has 0 unspecified atom stereocenters. The summed E-state index contributed by atoms with van der Waals surface area (Å²) in [5.41, 5.74) is 0.850. The molecule has 1 aromatic carbocycles. The number of carbonyl (C=O) groups is 2. The molecule has 1 atom stereocenters. The van der Waals surface area contributed by atoms with Gasteiger partial charge in [-0.15, -0.1) is 11.3 Å². The molecule has 0 saturated carbocycles. The van der Waals surface area contributed by atoms with Gasteiger partial charge in [0.2, 0.25) is 5.91 Å². The van der Waals surface area contributed by atoms with Gasteiger partial charge in [0, 0.05) is 19.3 Å². The Morgan fingerprint density at radius 3 is 2.64 bits per heavy atom. The lowest BCUT2D eigenvalue weighted by Gasteiger charge is -2.27. The van der Waals surface area contributed by atoms with Crippen LogP contribution in [0.25, 0.3) is 0 Å². The van der Waals surface area contributed by atoms with Crippen molar-refractivity contribution >= 4 is 28.8 Å². The highest BCUT2D eigenvalue weighted by atomic mass is 32.1. The summed E-state index contributed by atoms with van der Waals surface area (Å²) in [4.78, 5) is 29.4. The molecule has 22 heavy (non-hydrogen) atoms. The fourth-order valence-electron chi connectivity index (χ4n) is 2.81. The van der Waals surface area contributed by atoms with E-state index < -0.39 is 0 Å². The van der Waals surface area contributed by atoms with Crippen molar-refractivity contribution < 1.29 is 9.59 Å². The van der Waals surface area contributed by atoms with Crippen molar-refractivity contribution in [1.82, 2.24) is 4.90 Å². The molecule has 0 radical (unpaired) electrons. The zero-order chi connectivity index (χ0) is 15.5.